The second-order valence-electron chi connectivity index (χ2n) is 27.5. The SMILES string of the molecule is CC(C)(C)c1ccc(N2B3c4cc(C(C)(C)C)cc5c4N(c4cc(N(c6ccccc6)c6ccccc6)cc(c43)-c3c2ccc2sc4cc6c(cc4c32)C(C)(C)CCC6(C)C)C2(C)CCCCC52C)c(-c2ccccc2)c1. The van der Waals surface area contributed by atoms with Gasteiger partial charge >= 0.3 is 6.85 Å². The molecule has 1 saturated carbocycles. The zero-order chi connectivity index (χ0) is 53.3. The Balaban J connectivity index is 1.19. The largest absolute Gasteiger partial charge is 0.376 e. The highest BCUT2D eigenvalue weighted by Gasteiger charge is 2.62. The van der Waals surface area contributed by atoms with Gasteiger partial charge in [-0.25, -0.2) is 0 Å². The number of anilines is 7. The number of fused-ring (bicyclic) bond motifs is 12. The van der Waals surface area contributed by atoms with E-state index in [2.05, 4.69) is 255 Å². The lowest BCUT2D eigenvalue weighted by Crippen LogP contribution is -2.64. The Morgan fingerprint density at radius 3 is 1.77 bits per heavy atom. The van der Waals surface area contributed by atoms with Gasteiger partial charge in [0.15, 0.2) is 0 Å². The van der Waals surface area contributed by atoms with E-state index in [0.29, 0.717) is 0 Å². The highest BCUT2D eigenvalue weighted by atomic mass is 32.1. The normalized spacial score (nSPS) is 20.6. The molecule has 5 aliphatic rings. The van der Waals surface area contributed by atoms with E-state index in [1.807, 2.05) is 11.3 Å². The van der Waals surface area contributed by atoms with Crippen LogP contribution in [0.2, 0.25) is 0 Å². The first kappa shape index (κ1) is 48.8. The van der Waals surface area contributed by atoms with Gasteiger partial charge in [0.2, 0.25) is 0 Å². The summed E-state index contributed by atoms with van der Waals surface area (Å²) in [5, 5.41) is 2.77. The molecule has 0 radical (unpaired) electrons. The van der Waals surface area contributed by atoms with Gasteiger partial charge in [-0.1, -0.05) is 174 Å². The fourth-order valence-corrected chi connectivity index (χ4v) is 16.3. The number of nitrogens with zero attached hydrogens (tertiary/aromatic N) is 3. The molecule has 3 aliphatic heterocycles. The summed E-state index contributed by atoms with van der Waals surface area (Å²) in [5.41, 5.74) is 24.1. The molecule has 3 nitrogen and oxygen atoms in total. The molecular weight excluding hydrogens is 950 g/mol. The van der Waals surface area contributed by atoms with Crippen LogP contribution < -0.4 is 25.5 Å². The lowest BCUT2D eigenvalue weighted by atomic mass is 9.43. The molecular formula is C72H74BN3S. The topological polar surface area (TPSA) is 9.72 Å². The standard InChI is InChI=1S/C72H74BN3S/c1-67(2,3)46-30-31-58(51(38-46)45-24-16-13-17-25-45)76-59-32-33-61-64(52-43-54-55(44-62(52)77-61)70(9,10)37-36-69(54,7)8)63(59)53-41-50(74(48-26-18-14-19-27-48)49-28-20-15-21-29-49)42-60-65(53)73(76)57-40-47(68(4,5)6)39-56-66(57)75(60)72(12)35-23-22-34-71(56,72)11/h13-21,24-33,38-44H,22-23,34-37H2,1-12H3. The quantitative estimate of drug-likeness (QED) is 0.159. The number of hydrogen-bond acceptors (Lipinski definition) is 4. The van der Waals surface area contributed by atoms with Gasteiger partial charge < -0.3 is 14.6 Å². The predicted octanol–water partition coefficient (Wildman–Crippen LogP) is 19.1. The minimum atomic E-state index is -0.159. The average molecular weight is 1020 g/mol. The maximum atomic E-state index is 2.94. The summed E-state index contributed by atoms with van der Waals surface area (Å²) in [6.07, 6.45) is 7.14. The molecule has 14 rings (SSSR count). The van der Waals surface area contributed by atoms with Crippen molar-refractivity contribution in [1.82, 2.24) is 0 Å². The van der Waals surface area contributed by atoms with Crippen molar-refractivity contribution in [3.8, 4) is 22.3 Å². The molecule has 386 valence electrons. The van der Waals surface area contributed by atoms with Crippen LogP contribution in [-0.4, -0.2) is 12.4 Å². The smallest absolute Gasteiger partial charge is 0.333 e. The van der Waals surface area contributed by atoms with Crippen LogP contribution in [0.25, 0.3) is 42.4 Å². The van der Waals surface area contributed by atoms with E-state index in [1.165, 1.54) is 142 Å². The van der Waals surface area contributed by atoms with E-state index in [4.69, 9.17) is 0 Å². The first-order valence-corrected chi connectivity index (χ1v) is 29.6. The highest BCUT2D eigenvalue weighted by molar-refractivity contribution is 7.26. The summed E-state index contributed by atoms with van der Waals surface area (Å²) < 4.78 is 2.74. The first-order chi connectivity index (χ1) is 36.7. The third-order valence-corrected chi connectivity index (χ3v) is 21.0. The van der Waals surface area contributed by atoms with Gasteiger partial charge in [-0.3, -0.25) is 0 Å². The van der Waals surface area contributed by atoms with Crippen LogP contribution in [0.3, 0.4) is 0 Å². The zero-order valence-corrected chi connectivity index (χ0v) is 48.4. The molecule has 2 aliphatic carbocycles. The van der Waals surface area contributed by atoms with Crippen molar-refractivity contribution in [2.45, 2.75) is 154 Å². The van der Waals surface area contributed by atoms with Gasteiger partial charge in [0.05, 0.1) is 5.54 Å². The highest BCUT2D eigenvalue weighted by Crippen LogP contribution is 2.64. The molecule has 0 saturated heterocycles. The van der Waals surface area contributed by atoms with Crippen LogP contribution in [0.4, 0.5) is 39.8 Å². The number of thiophene rings is 1. The van der Waals surface area contributed by atoms with Crippen molar-refractivity contribution in [3.63, 3.8) is 0 Å². The third kappa shape index (κ3) is 7.00. The second kappa shape index (κ2) is 16.5. The van der Waals surface area contributed by atoms with Gasteiger partial charge in [-0.2, -0.15) is 0 Å². The number of benzene rings is 8. The minimum absolute atomic E-state index is 0.0426. The molecule has 1 fully saturated rings. The Hall–Kier alpha value is -6.56. The zero-order valence-electron chi connectivity index (χ0n) is 47.6. The summed E-state index contributed by atoms with van der Waals surface area (Å²) in [6.45, 7) is 29.5. The Bertz CT molecular complexity index is 3850. The van der Waals surface area contributed by atoms with Crippen LogP contribution in [0.1, 0.15) is 149 Å². The summed E-state index contributed by atoms with van der Waals surface area (Å²) in [4.78, 5) is 8.32. The maximum Gasteiger partial charge on any atom is 0.333 e. The van der Waals surface area contributed by atoms with Gasteiger partial charge in [-0.05, 0) is 177 Å². The molecule has 0 spiro atoms. The van der Waals surface area contributed by atoms with Crippen molar-refractivity contribution in [2.75, 3.05) is 14.6 Å². The van der Waals surface area contributed by atoms with Crippen LogP contribution in [-0.2, 0) is 27.1 Å². The molecule has 1 aromatic heterocycles. The number of para-hydroxylation sites is 2. The summed E-state index contributed by atoms with van der Waals surface area (Å²) >= 11 is 1.99. The van der Waals surface area contributed by atoms with Crippen molar-refractivity contribution in [3.05, 3.63) is 186 Å². The molecule has 77 heavy (non-hydrogen) atoms. The molecule has 0 N–H and O–H groups in total. The van der Waals surface area contributed by atoms with E-state index in [0.717, 1.165) is 17.8 Å². The van der Waals surface area contributed by atoms with Gasteiger partial charge in [0.25, 0.3) is 0 Å². The second-order valence-corrected chi connectivity index (χ2v) is 28.6. The molecule has 2 unspecified atom stereocenters. The van der Waals surface area contributed by atoms with Crippen LogP contribution in [0.5, 0.6) is 0 Å². The van der Waals surface area contributed by atoms with E-state index in [9.17, 15) is 0 Å². The van der Waals surface area contributed by atoms with Gasteiger partial charge in [0.1, 0.15) is 0 Å². The fraction of sp³-hybridized carbons (Fsp3) is 0.333. The van der Waals surface area contributed by atoms with Crippen molar-refractivity contribution < 1.29 is 0 Å². The van der Waals surface area contributed by atoms with E-state index in [-0.39, 0.29) is 39.5 Å². The maximum absolute atomic E-state index is 2.94. The van der Waals surface area contributed by atoms with Crippen LogP contribution in [0, 0.1) is 0 Å². The Morgan fingerprint density at radius 1 is 0.506 bits per heavy atom. The molecule has 9 aromatic rings. The number of rotatable bonds is 5. The van der Waals surface area contributed by atoms with Gasteiger partial charge in [0, 0.05) is 76.5 Å². The molecule has 0 bridgehead atoms. The van der Waals surface area contributed by atoms with E-state index < -0.39 is 0 Å². The van der Waals surface area contributed by atoms with Crippen molar-refractivity contribution in [1.29, 1.82) is 0 Å². The summed E-state index contributed by atoms with van der Waals surface area (Å²) in [7, 11) is 0. The Labute approximate surface area is 463 Å². The molecule has 2 atom stereocenters. The van der Waals surface area contributed by atoms with Gasteiger partial charge in [-0.15, -0.1) is 11.3 Å². The third-order valence-electron chi connectivity index (χ3n) is 19.9. The molecule has 8 aromatic carbocycles. The minimum Gasteiger partial charge on any atom is -0.376 e. The summed E-state index contributed by atoms with van der Waals surface area (Å²) in [5.74, 6) is 0. The monoisotopic (exact) mass is 1020 g/mol. The fourth-order valence-electron chi connectivity index (χ4n) is 15.2. The van der Waals surface area contributed by atoms with E-state index in [1.54, 1.807) is 0 Å². The Kier molecular flexibility index (Phi) is 10.5. The molecule has 4 heterocycles. The van der Waals surface area contributed by atoms with Crippen molar-refractivity contribution in [2.24, 2.45) is 0 Å². The Morgan fingerprint density at radius 2 is 1.12 bits per heavy atom. The van der Waals surface area contributed by atoms with Crippen LogP contribution >= 0.6 is 11.3 Å². The average Bonchev–Trinajstić information content (AvgIpc) is 3.27. The van der Waals surface area contributed by atoms with Crippen LogP contribution in [0.15, 0.2) is 158 Å². The lowest BCUT2D eigenvalue weighted by molar-refractivity contribution is 0.195. The molecule has 5 heteroatoms. The van der Waals surface area contributed by atoms with Crippen molar-refractivity contribution >= 4 is 89.1 Å². The first-order valence-electron chi connectivity index (χ1n) is 28.8. The summed E-state index contributed by atoms with van der Waals surface area (Å²) in [6, 6.07) is 61.8. The molecule has 0 amide bonds. The van der Waals surface area contributed by atoms with E-state index >= 15 is 0 Å². The predicted molar refractivity (Wildman–Crippen MR) is 334 cm³/mol. The lowest BCUT2D eigenvalue weighted by Gasteiger charge is -2.53. The number of hydrogen-bond donors (Lipinski definition) is 0.